The number of fused-ring (bicyclic) bond motifs is 3. The van der Waals surface area contributed by atoms with Crippen molar-refractivity contribution in [3.05, 3.63) is 34.5 Å². The summed E-state index contributed by atoms with van der Waals surface area (Å²) >= 11 is 0. The molecule has 2 aromatic rings. The molecule has 11 heteroatoms. The van der Waals surface area contributed by atoms with E-state index in [9.17, 15) is 17.8 Å². The molecule has 5 rings (SSSR count). The van der Waals surface area contributed by atoms with E-state index in [-0.39, 0.29) is 10.8 Å². The smallest absolute Gasteiger partial charge is 0.354 e. The molecule has 166 valence electrons. The quantitative estimate of drug-likeness (QED) is 0.729. The number of benzene rings is 1. The Labute approximate surface area is 178 Å². The molecule has 0 fully saturated rings. The highest BCUT2D eigenvalue weighted by atomic mass is 32.2. The maximum atomic E-state index is 13.5. The van der Waals surface area contributed by atoms with E-state index in [0.29, 0.717) is 5.92 Å². The molecule has 0 unspecified atom stereocenters. The molecular formula is C20H23F2N5O3S. The van der Waals surface area contributed by atoms with Crippen molar-refractivity contribution < 1.29 is 22.5 Å². The van der Waals surface area contributed by atoms with Crippen LogP contribution in [0.5, 0.6) is 5.88 Å². The van der Waals surface area contributed by atoms with Crippen LogP contribution in [0.2, 0.25) is 0 Å². The minimum Gasteiger partial charge on any atom is -0.470 e. The molecule has 31 heavy (non-hydrogen) atoms. The predicted octanol–water partition coefficient (Wildman–Crippen LogP) is 3.38. The summed E-state index contributed by atoms with van der Waals surface area (Å²) in [6.45, 7) is 0.524. The number of alkyl halides is 2. The Morgan fingerprint density at radius 2 is 2.19 bits per heavy atom. The number of anilines is 1. The van der Waals surface area contributed by atoms with Crippen LogP contribution in [0.4, 0.5) is 19.3 Å². The van der Waals surface area contributed by atoms with Crippen molar-refractivity contribution in [2.75, 3.05) is 11.9 Å². The first-order chi connectivity index (χ1) is 14.6. The van der Waals surface area contributed by atoms with Crippen LogP contribution in [0, 0.1) is 0 Å². The van der Waals surface area contributed by atoms with Gasteiger partial charge in [0.2, 0.25) is 5.88 Å². The van der Waals surface area contributed by atoms with Gasteiger partial charge in [0.15, 0.2) is 16.5 Å². The van der Waals surface area contributed by atoms with Crippen LogP contribution in [-0.4, -0.2) is 32.5 Å². The minimum absolute atomic E-state index is 0.148. The van der Waals surface area contributed by atoms with E-state index in [1.807, 2.05) is 0 Å². The number of hydrogen-bond donors (Lipinski definition) is 2. The number of amides is 2. The second-order valence-corrected chi connectivity index (χ2v) is 10.2. The molecule has 0 spiro atoms. The Kier molecular flexibility index (Phi) is 4.60. The van der Waals surface area contributed by atoms with E-state index in [1.165, 1.54) is 11.1 Å². The molecule has 3 N–H and O–H groups in total. The van der Waals surface area contributed by atoms with Gasteiger partial charge in [0, 0.05) is 5.69 Å². The molecule has 0 bridgehead atoms. The van der Waals surface area contributed by atoms with Crippen molar-refractivity contribution in [1.29, 1.82) is 0 Å². The first-order valence-electron chi connectivity index (χ1n) is 10.2. The highest BCUT2D eigenvalue weighted by Gasteiger charge is 2.39. The van der Waals surface area contributed by atoms with Gasteiger partial charge in [0.05, 0.1) is 6.20 Å². The van der Waals surface area contributed by atoms with Gasteiger partial charge in [-0.15, -0.1) is 4.36 Å². The van der Waals surface area contributed by atoms with Gasteiger partial charge in [0.25, 0.3) is 0 Å². The van der Waals surface area contributed by atoms with Gasteiger partial charge in [-0.3, -0.25) is 0 Å². The summed E-state index contributed by atoms with van der Waals surface area (Å²) in [7, 11) is -3.75. The number of nitrogens with two attached hydrogens (primary N) is 1. The molecule has 1 aromatic heterocycles. The second-order valence-electron chi connectivity index (χ2n) is 8.46. The lowest BCUT2D eigenvalue weighted by Crippen LogP contribution is -2.37. The Hall–Kier alpha value is -2.53. The summed E-state index contributed by atoms with van der Waals surface area (Å²) in [5.74, 6) is -2.94. The van der Waals surface area contributed by atoms with Crippen molar-refractivity contribution in [2.45, 2.75) is 62.3 Å². The van der Waals surface area contributed by atoms with Crippen LogP contribution in [0.15, 0.2) is 21.5 Å². The van der Waals surface area contributed by atoms with Gasteiger partial charge in [-0.2, -0.15) is 5.10 Å². The lowest BCUT2D eigenvalue weighted by molar-refractivity contribution is -0.0805. The number of carbonyl (C=O) groups excluding carboxylic acids is 1. The number of hydrogen-bond acceptors (Lipinski definition) is 4. The maximum absolute atomic E-state index is 13.5. The summed E-state index contributed by atoms with van der Waals surface area (Å²) < 4.78 is 49.7. The fourth-order valence-corrected chi connectivity index (χ4v) is 5.81. The molecule has 2 atom stereocenters. The van der Waals surface area contributed by atoms with Crippen molar-refractivity contribution in [3.63, 3.8) is 0 Å². The predicted molar refractivity (Wildman–Crippen MR) is 110 cm³/mol. The molecule has 0 radical (unpaired) electrons. The molecule has 2 heterocycles. The Bertz CT molecular complexity index is 1220. The normalized spacial score (nSPS) is 22.6. The van der Waals surface area contributed by atoms with E-state index in [2.05, 4.69) is 27.8 Å². The lowest BCUT2D eigenvalue weighted by Gasteiger charge is -2.24. The zero-order valence-corrected chi connectivity index (χ0v) is 17.8. The second kappa shape index (κ2) is 6.99. The number of ether oxygens (including phenoxy) is 1. The van der Waals surface area contributed by atoms with Crippen LogP contribution in [-0.2, 0) is 35.7 Å². The Morgan fingerprint density at radius 3 is 3.00 bits per heavy atom. The third-order valence-electron chi connectivity index (χ3n) is 6.19. The Morgan fingerprint density at radius 1 is 1.39 bits per heavy atom. The minimum atomic E-state index is -3.75. The van der Waals surface area contributed by atoms with E-state index >= 15 is 0 Å². The highest BCUT2D eigenvalue weighted by Crippen LogP contribution is 2.44. The molecule has 3 aliphatic rings. The summed E-state index contributed by atoms with van der Waals surface area (Å²) in [5.41, 5.74) is 5.44. The number of urea groups is 1. The van der Waals surface area contributed by atoms with Gasteiger partial charge in [0.1, 0.15) is 11.4 Å². The van der Waals surface area contributed by atoms with Crippen LogP contribution >= 0.6 is 0 Å². The molecule has 1 aliphatic heterocycles. The van der Waals surface area contributed by atoms with Crippen molar-refractivity contribution in [2.24, 2.45) is 9.50 Å². The summed E-state index contributed by atoms with van der Waals surface area (Å²) in [6, 6.07) is 1.40. The molecule has 2 amide bonds. The van der Waals surface area contributed by atoms with Crippen molar-refractivity contribution in [3.8, 4) is 5.88 Å². The van der Waals surface area contributed by atoms with Crippen LogP contribution in [0.3, 0.4) is 0 Å². The monoisotopic (exact) mass is 451 g/mol. The van der Waals surface area contributed by atoms with E-state index in [0.717, 1.165) is 59.8 Å². The fourth-order valence-electron chi connectivity index (χ4n) is 4.81. The van der Waals surface area contributed by atoms with Gasteiger partial charge < -0.3 is 10.1 Å². The summed E-state index contributed by atoms with van der Waals surface area (Å²) in [5, 5.41) is 12.5. The van der Waals surface area contributed by atoms with Crippen molar-refractivity contribution >= 4 is 21.6 Å². The molecule has 0 saturated heterocycles. The number of nitrogens with zero attached hydrogens (tertiary/aromatic N) is 3. The van der Waals surface area contributed by atoms with Crippen LogP contribution < -0.4 is 15.2 Å². The van der Waals surface area contributed by atoms with Gasteiger partial charge >= 0.3 is 12.0 Å². The van der Waals surface area contributed by atoms with Gasteiger partial charge in [-0.1, -0.05) is 13.0 Å². The SMILES string of the molecule is C[C@H]1CCc2cc3c(c(NC(=O)N=[S@@](N)(=O)c4cnn5c4OCC(F)(F)C5)c21)CCC3. The molecule has 0 saturated carbocycles. The van der Waals surface area contributed by atoms with Gasteiger partial charge in [-0.25, -0.2) is 27.6 Å². The molecule has 8 nitrogen and oxygen atoms in total. The summed E-state index contributed by atoms with van der Waals surface area (Å²) in [6.07, 6.45) is 5.88. The number of halogens is 2. The molecule has 2 aliphatic carbocycles. The Balaban J connectivity index is 1.48. The maximum Gasteiger partial charge on any atom is 0.354 e. The van der Waals surface area contributed by atoms with E-state index in [4.69, 9.17) is 9.88 Å². The van der Waals surface area contributed by atoms with Crippen LogP contribution in [0.25, 0.3) is 0 Å². The van der Waals surface area contributed by atoms with E-state index < -0.39 is 35.0 Å². The number of aryl methyl sites for hydroxylation is 2. The molecular weight excluding hydrogens is 428 g/mol. The highest BCUT2D eigenvalue weighted by molar-refractivity contribution is 7.91. The molecule has 1 aromatic carbocycles. The average molecular weight is 451 g/mol. The average Bonchev–Trinajstić information content (AvgIpc) is 3.38. The number of rotatable bonds is 2. The standard InChI is InChI=1S/C20H23F2N5O3S/c1-11-5-6-13-7-12-3-2-4-14(12)17(16(11)13)25-19(28)26-31(23,29)15-8-24-27-9-20(21,22)10-30-18(15)27/h7-8,11H,2-6,9-10H2,1H3,(H3,23,25,26,28,29)/t11-,31+/m0/s1. The fraction of sp³-hybridized carbons (Fsp3) is 0.500. The first-order valence-corrected chi connectivity index (χ1v) is 11.8. The largest absolute Gasteiger partial charge is 0.470 e. The number of carbonyl (C=O) groups is 1. The number of aromatic nitrogens is 2. The number of nitrogens with one attached hydrogen (secondary N) is 1. The first kappa shape index (κ1) is 20.4. The third-order valence-corrected chi connectivity index (χ3v) is 7.54. The topological polar surface area (TPSA) is 112 Å². The third kappa shape index (κ3) is 3.49. The zero-order chi connectivity index (χ0) is 22.0. The van der Waals surface area contributed by atoms with Crippen LogP contribution in [0.1, 0.15) is 47.9 Å². The van der Waals surface area contributed by atoms with E-state index in [1.54, 1.807) is 0 Å². The summed E-state index contributed by atoms with van der Waals surface area (Å²) in [4.78, 5) is 12.6. The lowest BCUT2D eigenvalue weighted by atomic mass is 9.95. The van der Waals surface area contributed by atoms with Crippen molar-refractivity contribution in [1.82, 2.24) is 9.78 Å². The van der Waals surface area contributed by atoms with Gasteiger partial charge in [-0.05, 0) is 60.3 Å². The zero-order valence-electron chi connectivity index (χ0n) is 17.0.